The Hall–Kier alpha value is -1.31. The molecule has 0 aliphatic heterocycles. The predicted molar refractivity (Wildman–Crippen MR) is 81.0 cm³/mol. The Bertz CT molecular complexity index is 412. The van der Waals surface area contributed by atoms with Gasteiger partial charge in [0.15, 0.2) is 0 Å². The average Bonchev–Trinajstić information content (AvgIpc) is 2.27. The molecule has 1 aromatic rings. The zero-order valence-electron chi connectivity index (χ0n) is 13.1. The van der Waals surface area contributed by atoms with Crippen LogP contribution in [0.5, 0.6) is 0 Å². The Morgan fingerprint density at radius 2 is 1.63 bits per heavy atom. The molecule has 106 valence electrons. The Balaban J connectivity index is 2.68. The Morgan fingerprint density at radius 3 is 2.05 bits per heavy atom. The van der Waals surface area contributed by atoms with Gasteiger partial charge >= 0.3 is 0 Å². The van der Waals surface area contributed by atoms with Crippen LogP contribution in [0.25, 0.3) is 0 Å². The summed E-state index contributed by atoms with van der Waals surface area (Å²) in [5.41, 5.74) is 2.17. The third-order valence-corrected chi connectivity index (χ3v) is 3.15. The molecule has 0 heterocycles. The van der Waals surface area contributed by atoms with E-state index in [2.05, 4.69) is 43.4 Å². The third kappa shape index (κ3) is 5.06. The van der Waals surface area contributed by atoms with Gasteiger partial charge in [0, 0.05) is 5.41 Å². The van der Waals surface area contributed by atoms with E-state index in [1.165, 1.54) is 5.56 Å². The van der Waals surface area contributed by atoms with Crippen LogP contribution in [0.4, 0.5) is 0 Å². The minimum atomic E-state index is -0.341. The maximum absolute atomic E-state index is 11.9. The Labute approximate surface area is 117 Å². The normalized spacial score (nSPS) is 13.4. The van der Waals surface area contributed by atoms with Gasteiger partial charge < -0.3 is 5.32 Å². The van der Waals surface area contributed by atoms with Gasteiger partial charge in [-0.3, -0.25) is 4.79 Å². The Kier molecular flexibility index (Phi) is 5.16. The minimum absolute atomic E-state index is 0.0554. The number of benzene rings is 1. The minimum Gasteiger partial charge on any atom is -0.349 e. The first-order valence-corrected chi connectivity index (χ1v) is 7.10. The second-order valence-corrected chi connectivity index (χ2v) is 6.78. The molecule has 1 N–H and O–H groups in total. The van der Waals surface area contributed by atoms with E-state index in [0.717, 1.165) is 12.0 Å². The maximum atomic E-state index is 11.9. The number of carbonyl (C=O) groups excluding carboxylic acids is 1. The van der Waals surface area contributed by atoms with Crippen LogP contribution in [0.15, 0.2) is 24.3 Å². The highest BCUT2D eigenvalue weighted by molar-refractivity contribution is 5.81. The van der Waals surface area contributed by atoms with Crippen LogP contribution < -0.4 is 5.32 Å². The highest BCUT2D eigenvalue weighted by Crippen LogP contribution is 2.19. The molecule has 1 unspecified atom stereocenters. The zero-order chi connectivity index (χ0) is 14.6. The molecule has 1 amide bonds. The topological polar surface area (TPSA) is 29.1 Å². The smallest absolute Gasteiger partial charge is 0.225 e. The zero-order valence-corrected chi connectivity index (χ0v) is 13.1. The molecule has 2 heteroatoms. The summed E-state index contributed by atoms with van der Waals surface area (Å²) in [5.74, 6) is 0.759. The molecule has 1 atom stereocenters. The first kappa shape index (κ1) is 15.7. The van der Waals surface area contributed by atoms with Crippen molar-refractivity contribution in [2.75, 3.05) is 0 Å². The van der Waals surface area contributed by atoms with Crippen molar-refractivity contribution in [1.29, 1.82) is 0 Å². The summed E-state index contributed by atoms with van der Waals surface area (Å²) < 4.78 is 0. The molecule has 2 nitrogen and oxygen atoms in total. The molecule has 1 aromatic carbocycles. The van der Waals surface area contributed by atoms with Crippen LogP contribution in [-0.2, 0) is 11.2 Å². The number of nitrogens with one attached hydrogen (secondary N) is 1. The summed E-state index contributed by atoms with van der Waals surface area (Å²) in [7, 11) is 0. The van der Waals surface area contributed by atoms with E-state index >= 15 is 0 Å². The first-order valence-electron chi connectivity index (χ1n) is 7.10. The summed E-state index contributed by atoms with van der Waals surface area (Å²) in [6, 6.07) is 8.61. The van der Waals surface area contributed by atoms with E-state index in [0.29, 0.717) is 5.92 Å². The first-order chi connectivity index (χ1) is 8.70. The lowest BCUT2D eigenvalue weighted by molar-refractivity contribution is -0.129. The van der Waals surface area contributed by atoms with Gasteiger partial charge in [-0.15, -0.1) is 0 Å². The van der Waals surface area contributed by atoms with E-state index in [9.17, 15) is 4.79 Å². The van der Waals surface area contributed by atoms with Crippen molar-refractivity contribution >= 4 is 5.91 Å². The molecule has 0 radical (unpaired) electrons. The van der Waals surface area contributed by atoms with Crippen molar-refractivity contribution in [1.82, 2.24) is 5.32 Å². The number of amides is 1. The van der Waals surface area contributed by atoms with Gasteiger partial charge in [0.05, 0.1) is 6.04 Å². The van der Waals surface area contributed by atoms with Crippen LogP contribution in [0.2, 0.25) is 0 Å². The van der Waals surface area contributed by atoms with E-state index < -0.39 is 0 Å². The summed E-state index contributed by atoms with van der Waals surface area (Å²) in [6.45, 7) is 12.3. The van der Waals surface area contributed by atoms with Crippen LogP contribution in [0, 0.1) is 11.3 Å². The number of rotatable bonds is 4. The molecule has 1 rings (SSSR count). The Morgan fingerprint density at radius 1 is 1.11 bits per heavy atom. The lowest BCUT2D eigenvalue weighted by Crippen LogP contribution is -2.36. The standard InChI is InChI=1S/C17H27NO/c1-12(2)11-14-7-9-15(10-8-14)13(3)18-16(19)17(4,5)6/h7-10,12-13H,11H2,1-6H3,(H,18,19). The molecular weight excluding hydrogens is 234 g/mol. The van der Waals surface area contributed by atoms with E-state index in [4.69, 9.17) is 0 Å². The largest absolute Gasteiger partial charge is 0.349 e. The number of carbonyl (C=O) groups is 1. The molecule has 0 aliphatic rings. The molecule has 0 bridgehead atoms. The van der Waals surface area contributed by atoms with Crippen molar-refractivity contribution in [2.45, 2.75) is 54.0 Å². The fourth-order valence-corrected chi connectivity index (χ4v) is 1.91. The molecule has 0 spiro atoms. The molecule has 0 aliphatic carbocycles. The van der Waals surface area contributed by atoms with Gasteiger partial charge in [0.1, 0.15) is 0 Å². The van der Waals surface area contributed by atoms with Gasteiger partial charge in [0.25, 0.3) is 0 Å². The lowest BCUT2D eigenvalue weighted by atomic mass is 9.94. The predicted octanol–water partition coefficient (Wildman–Crippen LogP) is 4.11. The van der Waals surface area contributed by atoms with Gasteiger partial charge in [-0.25, -0.2) is 0 Å². The second-order valence-electron chi connectivity index (χ2n) is 6.78. The maximum Gasteiger partial charge on any atom is 0.225 e. The van der Waals surface area contributed by atoms with Crippen LogP contribution in [0.3, 0.4) is 0 Å². The SMILES string of the molecule is CC(C)Cc1ccc(C(C)NC(=O)C(C)(C)C)cc1. The molecule has 19 heavy (non-hydrogen) atoms. The quantitative estimate of drug-likeness (QED) is 0.868. The van der Waals surface area contributed by atoms with Crippen LogP contribution in [0.1, 0.15) is 58.7 Å². The summed E-state index contributed by atoms with van der Waals surface area (Å²) in [4.78, 5) is 11.9. The lowest BCUT2D eigenvalue weighted by Gasteiger charge is -2.22. The summed E-state index contributed by atoms with van der Waals surface area (Å²) in [6.07, 6.45) is 1.10. The third-order valence-electron chi connectivity index (χ3n) is 3.15. The highest BCUT2D eigenvalue weighted by Gasteiger charge is 2.22. The molecule has 0 saturated carbocycles. The van der Waals surface area contributed by atoms with E-state index in [-0.39, 0.29) is 17.4 Å². The van der Waals surface area contributed by atoms with Gasteiger partial charge in [-0.2, -0.15) is 0 Å². The van der Waals surface area contributed by atoms with Crippen molar-refractivity contribution in [3.8, 4) is 0 Å². The van der Waals surface area contributed by atoms with E-state index in [1.54, 1.807) is 0 Å². The molecule has 0 saturated heterocycles. The van der Waals surface area contributed by atoms with Crippen molar-refractivity contribution in [3.05, 3.63) is 35.4 Å². The highest BCUT2D eigenvalue weighted by atomic mass is 16.2. The van der Waals surface area contributed by atoms with Crippen molar-refractivity contribution < 1.29 is 4.79 Å². The van der Waals surface area contributed by atoms with Crippen LogP contribution >= 0.6 is 0 Å². The van der Waals surface area contributed by atoms with Gasteiger partial charge in [-0.1, -0.05) is 58.9 Å². The number of hydrogen-bond donors (Lipinski definition) is 1. The van der Waals surface area contributed by atoms with Crippen molar-refractivity contribution in [2.24, 2.45) is 11.3 Å². The molecule has 0 aromatic heterocycles. The monoisotopic (exact) mass is 261 g/mol. The van der Waals surface area contributed by atoms with Gasteiger partial charge in [0.2, 0.25) is 5.91 Å². The average molecular weight is 261 g/mol. The molecule has 0 fully saturated rings. The fourth-order valence-electron chi connectivity index (χ4n) is 1.91. The van der Waals surface area contributed by atoms with Crippen molar-refractivity contribution in [3.63, 3.8) is 0 Å². The summed E-state index contributed by atoms with van der Waals surface area (Å²) in [5, 5.41) is 3.06. The second kappa shape index (κ2) is 6.23. The summed E-state index contributed by atoms with van der Waals surface area (Å²) >= 11 is 0. The number of hydrogen-bond acceptors (Lipinski definition) is 1. The van der Waals surface area contributed by atoms with Gasteiger partial charge in [-0.05, 0) is 30.4 Å². The van der Waals surface area contributed by atoms with Crippen LogP contribution in [-0.4, -0.2) is 5.91 Å². The molecular formula is C17H27NO. The fraction of sp³-hybridized carbons (Fsp3) is 0.588. The van der Waals surface area contributed by atoms with E-state index in [1.807, 2.05) is 27.7 Å².